The van der Waals surface area contributed by atoms with Crippen LogP contribution in [0.4, 0.5) is 39.5 Å². The van der Waals surface area contributed by atoms with Crippen molar-refractivity contribution in [3.05, 3.63) is 40.2 Å². The molecule has 6 unspecified atom stereocenters. The molecule has 46 heavy (non-hydrogen) atoms. The molecule has 1 rings (SSSR count). The number of nitrogens with zero attached hydrogens (tertiary/aromatic N) is 3. The topological polar surface area (TPSA) is 42.3 Å². The van der Waals surface area contributed by atoms with E-state index in [1.165, 1.54) is 38.5 Å². The molecule has 1 aromatic rings. The maximum Gasteiger partial charge on any atom is 4.00 e. The van der Waals surface area contributed by atoms with E-state index in [-0.39, 0.29) is 38.0 Å². The van der Waals surface area contributed by atoms with Gasteiger partial charge >= 0.3 is 51.3 Å². The van der Waals surface area contributed by atoms with Crippen molar-refractivity contribution in [2.45, 2.75) is 175 Å². The van der Waals surface area contributed by atoms with Crippen LogP contribution in [0.1, 0.15) is 122 Å². The van der Waals surface area contributed by atoms with Gasteiger partial charge in [0.1, 0.15) is 0 Å². The molecular formula is C32H58F9HfN3Si. The molecule has 0 aromatic heterocycles. The molecule has 0 amide bonds. The van der Waals surface area contributed by atoms with Crippen LogP contribution in [0.3, 0.4) is 0 Å². The van der Waals surface area contributed by atoms with E-state index in [9.17, 15) is 39.5 Å². The summed E-state index contributed by atoms with van der Waals surface area (Å²) in [5, 5.41) is 11.8. The summed E-state index contributed by atoms with van der Waals surface area (Å²) in [6.07, 6.45) is 7.03. The monoisotopic (exact) mass is 863 g/mol. The molecule has 0 bridgehead atoms. The van der Waals surface area contributed by atoms with Crippen molar-refractivity contribution in [2.75, 3.05) is 0 Å². The Bertz CT molecular complexity index is 716. The van der Waals surface area contributed by atoms with E-state index in [4.69, 9.17) is 0 Å². The number of hydrogen-bond acceptors (Lipinski definition) is 0. The minimum atomic E-state index is -7.72. The molecule has 0 radical (unpaired) electrons. The zero-order valence-corrected chi connectivity index (χ0v) is 34.4. The minimum Gasteiger partial charge on any atom is -0.657 e. The largest absolute Gasteiger partial charge is 4.00 e. The summed E-state index contributed by atoms with van der Waals surface area (Å²) in [5.74, 6) is -19.2. The maximum atomic E-state index is 12.6. The summed E-state index contributed by atoms with van der Waals surface area (Å²) in [6.45, 7) is 26.1. The maximum absolute atomic E-state index is 12.6. The van der Waals surface area contributed by atoms with Gasteiger partial charge in [0.15, 0.2) is 0 Å². The van der Waals surface area contributed by atoms with Gasteiger partial charge in [-0.3, -0.25) is 0 Å². The quantitative estimate of drug-likeness (QED) is 0.108. The summed E-state index contributed by atoms with van der Waals surface area (Å²) < 4.78 is 113. The van der Waals surface area contributed by atoms with E-state index in [0.717, 1.165) is 0 Å². The summed E-state index contributed by atoms with van der Waals surface area (Å²) >= 11 is 0. The van der Waals surface area contributed by atoms with Crippen LogP contribution >= 0.6 is 0 Å². The van der Waals surface area contributed by atoms with Gasteiger partial charge in [-0.15, -0.1) is 41.4 Å². The average molecular weight is 862 g/mol. The summed E-state index contributed by atoms with van der Waals surface area (Å²) in [5.41, 5.74) is 0. The fourth-order valence-electron chi connectivity index (χ4n) is 3.53. The zero-order valence-electron chi connectivity index (χ0n) is 29.8. The summed E-state index contributed by atoms with van der Waals surface area (Å²) in [4.78, 5) is 0. The third-order valence-electron chi connectivity index (χ3n) is 7.44. The smallest absolute Gasteiger partial charge is 0.657 e. The van der Waals surface area contributed by atoms with Gasteiger partial charge in [0.2, 0.25) is 0 Å². The van der Waals surface area contributed by atoms with Crippen molar-refractivity contribution >= 4 is 13.3 Å². The Labute approximate surface area is 293 Å². The van der Waals surface area contributed by atoms with Gasteiger partial charge < -0.3 is 16.0 Å². The third kappa shape index (κ3) is 19.6. The van der Waals surface area contributed by atoms with Crippen LogP contribution in [0.2, 0.25) is 0 Å². The second kappa shape index (κ2) is 25.6. The second-order valence-electron chi connectivity index (χ2n) is 11.4. The molecule has 3 nitrogen and oxygen atoms in total. The molecule has 0 N–H and O–H groups in total. The van der Waals surface area contributed by atoms with Gasteiger partial charge in [-0.05, 0) is 0 Å². The van der Waals surface area contributed by atoms with Crippen LogP contribution in [-0.2, 0) is 25.8 Å². The van der Waals surface area contributed by atoms with Crippen molar-refractivity contribution in [2.24, 2.45) is 0 Å². The average Bonchev–Trinajstić information content (AvgIpc) is 3.45. The number of hydrogen-bond donors (Lipinski definition) is 0. The molecule has 0 saturated heterocycles. The van der Waals surface area contributed by atoms with Gasteiger partial charge in [-0.2, -0.15) is 51.6 Å². The Kier molecular flexibility index (Phi) is 29.3. The molecule has 0 aliphatic heterocycles. The number of rotatable bonds is 13. The van der Waals surface area contributed by atoms with Crippen LogP contribution in [0.5, 0.6) is 0 Å². The normalized spacial score (nSPS) is 16.0. The predicted molar refractivity (Wildman–Crippen MR) is 174 cm³/mol. The fourth-order valence-corrected chi connectivity index (χ4v) is 6.17. The first-order chi connectivity index (χ1) is 20.5. The van der Waals surface area contributed by atoms with E-state index >= 15 is 0 Å². The van der Waals surface area contributed by atoms with Crippen LogP contribution < -0.4 is 5.19 Å². The molecule has 0 fully saturated rings. The summed E-state index contributed by atoms with van der Waals surface area (Å²) in [6, 6.07) is 5.17. The molecule has 1 aromatic carbocycles. The molecule has 0 saturated carbocycles. The van der Waals surface area contributed by atoms with Crippen LogP contribution in [0.15, 0.2) is 24.3 Å². The van der Waals surface area contributed by atoms with Gasteiger partial charge in [-0.25, -0.2) is 12.1 Å². The van der Waals surface area contributed by atoms with E-state index in [2.05, 4.69) is 99.0 Å². The van der Waals surface area contributed by atoms with E-state index < -0.39 is 30.7 Å². The Morgan fingerprint density at radius 2 is 0.630 bits per heavy atom. The zero-order chi connectivity index (χ0) is 36.2. The standard InChI is InChI=1S/C8H4F9Si.3C8H18N.Hf/c9-6(10,11)18(7(12,13)14,8(15,16)17)5-3-1-2-4-5;3*1-5-7(3)9-8(4)6-2;/h1-4H;3*7-8H,5-6H2,1-4H3;/q4*-1;+4. The number of alkyl halides is 9. The van der Waals surface area contributed by atoms with Crippen molar-refractivity contribution in [1.29, 1.82) is 0 Å². The van der Waals surface area contributed by atoms with Crippen molar-refractivity contribution < 1.29 is 65.4 Å². The molecule has 6 atom stereocenters. The van der Waals surface area contributed by atoms with E-state index in [1.807, 2.05) is 0 Å². The predicted octanol–water partition coefficient (Wildman–Crippen LogP) is 12.2. The van der Waals surface area contributed by atoms with Crippen molar-refractivity contribution in [1.82, 2.24) is 0 Å². The Balaban J connectivity index is -0.000000271. The Hall–Kier alpha value is -0.313. The van der Waals surface area contributed by atoms with Gasteiger partial charge in [0.05, 0.1) is 0 Å². The van der Waals surface area contributed by atoms with Crippen molar-refractivity contribution in [3.8, 4) is 0 Å². The second-order valence-corrected chi connectivity index (χ2v) is 15.2. The first kappa shape index (κ1) is 52.5. The third-order valence-corrected chi connectivity index (χ3v) is 11.2. The van der Waals surface area contributed by atoms with Gasteiger partial charge in [0.25, 0.3) is 0 Å². The summed E-state index contributed by atoms with van der Waals surface area (Å²) in [7, 11) is -7.72. The van der Waals surface area contributed by atoms with Crippen molar-refractivity contribution in [3.63, 3.8) is 0 Å². The molecular weight excluding hydrogens is 804 g/mol. The SMILES string of the molecule is CCC(C)[N-]C(C)CC.CCC(C)[N-]C(C)CC.CCC(C)[N-]C(C)CC.FC(F)(F)[Si]([c-]1cccc1)(C(F)(F)F)C(F)(F)F.[Hf+4]. The first-order valence-corrected chi connectivity index (χ1v) is 18.0. The van der Waals surface area contributed by atoms with E-state index in [1.54, 1.807) is 0 Å². The van der Waals surface area contributed by atoms with E-state index in [0.29, 0.717) is 48.4 Å². The Morgan fingerprint density at radius 1 is 0.457 bits per heavy atom. The van der Waals surface area contributed by atoms with Crippen LogP contribution in [0.25, 0.3) is 16.0 Å². The van der Waals surface area contributed by atoms with Crippen LogP contribution in [-0.4, -0.2) is 61.7 Å². The molecule has 0 aliphatic rings. The fraction of sp³-hybridized carbons (Fsp3) is 0.844. The molecule has 0 aliphatic carbocycles. The molecule has 0 spiro atoms. The van der Waals surface area contributed by atoms with Gasteiger partial charge in [0, 0.05) is 0 Å². The van der Waals surface area contributed by atoms with Gasteiger partial charge in [-0.1, -0.05) is 122 Å². The molecule has 14 heteroatoms. The van der Waals surface area contributed by atoms with Crippen LogP contribution in [0, 0.1) is 0 Å². The minimum absolute atomic E-state index is 0. The number of halogens is 9. The molecule has 272 valence electrons. The first-order valence-electron chi connectivity index (χ1n) is 16.0. The Morgan fingerprint density at radius 3 is 0.761 bits per heavy atom. The molecule has 0 heterocycles.